The molecule has 1 rings (SSSR count). The third-order valence-electron chi connectivity index (χ3n) is 1.000. The van der Waals surface area contributed by atoms with Crippen LogP contribution < -0.4 is 0 Å². The van der Waals surface area contributed by atoms with E-state index < -0.39 is 0 Å². The Balaban J connectivity index is 0. The Morgan fingerprint density at radius 3 is 0.500 bits per heavy atom. The molecule has 0 aromatic heterocycles. The lowest BCUT2D eigenvalue weighted by Crippen LogP contribution is -1.93. The molecule has 1 aliphatic carbocycles. The molecule has 0 aromatic rings. The van der Waals surface area contributed by atoms with E-state index in [4.69, 9.17) is 0 Å². The summed E-state index contributed by atoms with van der Waals surface area (Å²) in [5.74, 6) is 0. The molecule has 0 heterocycles. The van der Waals surface area contributed by atoms with Gasteiger partial charge in [0, 0.05) is 0 Å². The van der Waals surface area contributed by atoms with E-state index in [1.54, 1.807) is 0 Å². The molecule has 0 atom stereocenters. The van der Waals surface area contributed by atoms with Gasteiger partial charge in [-0.25, -0.2) is 0 Å². The van der Waals surface area contributed by atoms with Gasteiger partial charge >= 0.3 is 0 Å². The lowest BCUT2D eigenvalue weighted by molar-refractivity contribution is 0.469. The van der Waals surface area contributed by atoms with Gasteiger partial charge in [-0.2, -0.15) is 0 Å². The van der Waals surface area contributed by atoms with Crippen molar-refractivity contribution in [2.45, 2.75) is 81.1 Å². The summed E-state index contributed by atoms with van der Waals surface area (Å²) in [5, 5.41) is 0. The number of rotatable bonds is 0. The van der Waals surface area contributed by atoms with Crippen molar-refractivity contribution in [2.24, 2.45) is 10.8 Å². The Hall–Kier alpha value is 0. The maximum Gasteiger partial charge on any atom is -0.0411 e. The molecule has 1 fully saturated rings. The fourth-order valence-corrected chi connectivity index (χ4v) is 0.250. The molecule has 0 radical (unpaired) electrons. The van der Waals surface area contributed by atoms with Gasteiger partial charge in [0.1, 0.15) is 0 Å². The fraction of sp³-hybridized carbons (Fsp3) is 1.00. The summed E-state index contributed by atoms with van der Waals surface area (Å²) in [6.07, 6.45) is 6.00. The van der Waals surface area contributed by atoms with Crippen molar-refractivity contribution >= 4 is 0 Å². The Kier molecular flexibility index (Phi) is 8.58. The molecule has 0 spiro atoms. The van der Waals surface area contributed by atoms with E-state index in [0.717, 1.165) is 0 Å². The molecule has 1 aliphatic rings. The van der Waals surface area contributed by atoms with Crippen LogP contribution in [-0.4, -0.2) is 0 Å². The lowest BCUT2D eigenvalue weighted by atomic mass is 10.0. The van der Waals surface area contributed by atoms with E-state index >= 15 is 0 Å². The zero-order valence-electron chi connectivity index (χ0n) is 11.8. The minimum atomic E-state index is 0.500. The maximum absolute atomic E-state index is 2.19. The van der Waals surface area contributed by atoms with E-state index in [0.29, 0.717) is 10.8 Å². The quantitative estimate of drug-likeness (QED) is 0.473. The summed E-state index contributed by atoms with van der Waals surface area (Å²) < 4.78 is 0. The van der Waals surface area contributed by atoms with Crippen LogP contribution in [0.4, 0.5) is 0 Å². The summed E-state index contributed by atoms with van der Waals surface area (Å²) in [6, 6.07) is 0. The first-order valence-electron chi connectivity index (χ1n) is 6.00. The highest BCUT2D eigenvalue weighted by Crippen LogP contribution is 2.15. The predicted octanol–water partition coefficient (Wildman–Crippen LogP) is 5.67. The van der Waals surface area contributed by atoms with Gasteiger partial charge in [0.15, 0.2) is 0 Å². The zero-order valence-corrected chi connectivity index (χ0v) is 11.8. The molecule has 0 aliphatic heterocycles. The first-order chi connectivity index (χ1) is 6.00. The van der Waals surface area contributed by atoms with Crippen molar-refractivity contribution in [1.82, 2.24) is 0 Å². The summed E-state index contributed by atoms with van der Waals surface area (Å²) in [7, 11) is 0. The van der Waals surface area contributed by atoms with E-state index in [1.165, 1.54) is 25.7 Å². The second kappa shape index (κ2) is 7.31. The average Bonchev–Trinajstić information content (AvgIpc) is 1.41. The van der Waals surface area contributed by atoms with Crippen LogP contribution in [0.2, 0.25) is 0 Å². The summed E-state index contributed by atoms with van der Waals surface area (Å²) in [4.78, 5) is 0. The number of hydrogen-bond donors (Lipinski definition) is 0. The normalized spacial score (nSPS) is 15.4. The van der Waals surface area contributed by atoms with Gasteiger partial charge in [-0.05, 0) is 10.8 Å². The van der Waals surface area contributed by atoms with E-state index in [2.05, 4.69) is 55.4 Å². The van der Waals surface area contributed by atoms with Crippen LogP contribution in [-0.2, 0) is 0 Å². The molecule has 0 amide bonds. The summed E-state index contributed by atoms with van der Waals surface area (Å²) >= 11 is 0. The molecule has 14 heavy (non-hydrogen) atoms. The fourth-order valence-electron chi connectivity index (χ4n) is 0.250. The molecule has 0 aromatic carbocycles. The van der Waals surface area contributed by atoms with Gasteiger partial charge in [0.25, 0.3) is 0 Å². The SMILES string of the molecule is C1CCC1.CC(C)(C)C.CC(C)(C)C. The summed E-state index contributed by atoms with van der Waals surface area (Å²) in [6.45, 7) is 17.5. The van der Waals surface area contributed by atoms with E-state index in [-0.39, 0.29) is 0 Å². The highest BCUT2D eigenvalue weighted by Gasteiger charge is 1.96. The van der Waals surface area contributed by atoms with E-state index in [1.807, 2.05) is 0 Å². The van der Waals surface area contributed by atoms with Gasteiger partial charge in [-0.3, -0.25) is 0 Å². The van der Waals surface area contributed by atoms with Gasteiger partial charge in [0.2, 0.25) is 0 Å². The molecule has 0 unspecified atom stereocenters. The molecule has 1 saturated carbocycles. The maximum atomic E-state index is 2.19. The number of hydrogen-bond acceptors (Lipinski definition) is 0. The van der Waals surface area contributed by atoms with Crippen LogP contribution in [0.1, 0.15) is 81.1 Å². The zero-order chi connectivity index (χ0) is 11.8. The molecule has 0 nitrogen and oxygen atoms in total. The lowest BCUT2D eigenvalue weighted by Gasteiger charge is -2.05. The van der Waals surface area contributed by atoms with Crippen LogP contribution in [0.25, 0.3) is 0 Å². The second-order valence-electron chi connectivity index (χ2n) is 7.41. The first-order valence-corrected chi connectivity index (χ1v) is 6.00. The predicted molar refractivity (Wildman–Crippen MR) is 68.7 cm³/mol. The third kappa shape index (κ3) is 90.8. The van der Waals surface area contributed by atoms with Crippen molar-refractivity contribution in [3.8, 4) is 0 Å². The standard InChI is InChI=1S/2C5H12.C4H8/c2*1-5(2,3)4;1-2-4-3-1/h2*1-4H3;1-4H2. The van der Waals surface area contributed by atoms with Crippen LogP contribution >= 0.6 is 0 Å². The first kappa shape index (κ1) is 16.4. The van der Waals surface area contributed by atoms with Crippen LogP contribution in [0.5, 0.6) is 0 Å². The molecule has 88 valence electrons. The molecular formula is C14H32. The Bertz CT molecular complexity index is 77.0. The van der Waals surface area contributed by atoms with Gasteiger partial charge in [-0.1, -0.05) is 81.1 Å². The van der Waals surface area contributed by atoms with Crippen molar-refractivity contribution in [1.29, 1.82) is 0 Å². The van der Waals surface area contributed by atoms with Crippen molar-refractivity contribution in [2.75, 3.05) is 0 Å². The third-order valence-corrected chi connectivity index (χ3v) is 1.000. The van der Waals surface area contributed by atoms with Gasteiger partial charge in [0.05, 0.1) is 0 Å². The molecule has 0 saturated heterocycles. The molecule has 0 N–H and O–H groups in total. The van der Waals surface area contributed by atoms with Gasteiger partial charge in [-0.15, -0.1) is 0 Å². The second-order valence-corrected chi connectivity index (χ2v) is 7.41. The smallest absolute Gasteiger partial charge is 0.0411 e. The Morgan fingerprint density at radius 2 is 0.500 bits per heavy atom. The molecule has 0 bridgehead atoms. The minimum Gasteiger partial charge on any atom is -0.0604 e. The minimum absolute atomic E-state index is 0.500. The highest BCUT2D eigenvalue weighted by molar-refractivity contribution is 4.51. The monoisotopic (exact) mass is 200 g/mol. The topological polar surface area (TPSA) is 0 Å². The Morgan fingerprint density at radius 1 is 0.429 bits per heavy atom. The largest absolute Gasteiger partial charge is 0.0604 e. The molecular weight excluding hydrogens is 168 g/mol. The van der Waals surface area contributed by atoms with Crippen molar-refractivity contribution < 1.29 is 0 Å². The van der Waals surface area contributed by atoms with Crippen LogP contribution in [0.15, 0.2) is 0 Å². The van der Waals surface area contributed by atoms with Crippen molar-refractivity contribution in [3.05, 3.63) is 0 Å². The van der Waals surface area contributed by atoms with Crippen molar-refractivity contribution in [3.63, 3.8) is 0 Å². The molecule has 0 heteroatoms. The Labute approximate surface area is 92.5 Å². The highest BCUT2D eigenvalue weighted by atomic mass is 14.0. The van der Waals surface area contributed by atoms with Crippen LogP contribution in [0, 0.1) is 10.8 Å². The summed E-state index contributed by atoms with van der Waals surface area (Å²) in [5.41, 5.74) is 1.00. The average molecular weight is 200 g/mol. The van der Waals surface area contributed by atoms with Gasteiger partial charge < -0.3 is 0 Å². The van der Waals surface area contributed by atoms with E-state index in [9.17, 15) is 0 Å². The van der Waals surface area contributed by atoms with Crippen LogP contribution in [0.3, 0.4) is 0 Å².